The molecule has 6 nitrogen and oxygen atoms in total. The Labute approximate surface area is 173 Å². The van der Waals surface area contributed by atoms with Crippen LogP contribution in [0.1, 0.15) is 56.3 Å². The van der Waals surface area contributed by atoms with Gasteiger partial charge in [0.05, 0.1) is 0 Å². The molecule has 29 heavy (non-hydrogen) atoms. The SMILES string of the molecule is CC(C)C(=O)N1CCC([C@@H](NC(=O)c2ccccc2)C(=O)N2CCCCC2)CC1. The molecule has 2 saturated heterocycles. The molecule has 0 saturated carbocycles. The molecule has 0 bridgehead atoms. The smallest absolute Gasteiger partial charge is 0.251 e. The number of nitrogens with one attached hydrogen (secondary N) is 1. The topological polar surface area (TPSA) is 69.7 Å². The van der Waals surface area contributed by atoms with E-state index in [-0.39, 0.29) is 29.6 Å². The summed E-state index contributed by atoms with van der Waals surface area (Å²) in [4.78, 5) is 42.2. The van der Waals surface area contributed by atoms with Crippen molar-refractivity contribution in [3.8, 4) is 0 Å². The highest BCUT2D eigenvalue weighted by Gasteiger charge is 2.36. The van der Waals surface area contributed by atoms with Crippen molar-refractivity contribution in [1.82, 2.24) is 15.1 Å². The van der Waals surface area contributed by atoms with Gasteiger partial charge in [-0.25, -0.2) is 0 Å². The van der Waals surface area contributed by atoms with Crippen molar-refractivity contribution in [1.29, 1.82) is 0 Å². The van der Waals surface area contributed by atoms with E-state index in [4.69, 9.17) is 0 Å². The number of rotatable bonds is 5. The molecule has 0 radical (unpaired) electrons. The van der Waals surface area contributed by atoms with E-state index in [0.29, 0.717) is 18.7 Å². The first-order chi connectivity index (χ1) is 14.0. The zero-order chi connectivity index (χ0) is 20.8. The van der Waals surface area contributed by atoms with Crippen molar-refractivity contribution in [3.63, 3.8) is 0 Å². The zero-order valence-electron chi connectivity index (χ0n) is 17.6. The average Bonchev–Trinajstić information content (AvgIpc) is 2.77. The van der Waals surface area contributed by atoms with E-state index in [1.54, 1.807) is 12.1 Å². The Morgan fingerprint density at radius 3 is 2.03 bits per heavy atom. The fourth-order valence-electron chi connectivity index (χ4n) is 4.32. The van der Waals surface area contributed by atoms with Crippen LogP contribution < -0.4 is 5.32 Å². The fourth-order valence-corrected chi connectivity index (χ4v) is 4.32. The Morgan fingerprint density at radius 2 is 1.45 bits per heavy atom. The highest BCUT2D eigenvalue weighted by molar-refractivity contribution is 5.97. The summed E-state index contributed by atoms with van der Waals surface area (Å²) in [7, 11) is 0. The molecular formula is C23H33N3O3. The van der Waals surface area contributed by atoms with Crippen LogP contribution in [0.25, 0.3) is 0 Å². The van der Waals surface area contributed by atoms with Gasteiger partial charge in [0.2, 0.25) is 11.8 Å². The molecule has 2 aliphatic rings. The Kier molecular flexibility index (Phi) is 7.29. The molecule has 1 atom stereocenters. The lowest BCUT2D eigenvalue weighted by atomic mass is 9.87. The van der Waals surface area contributed by atoms with E-state index >= 15 is 0 Å². The van der Waals surface area contributed by atoms with Gasteiger partial charge < -0.3 is 15.1 Å². The fraction of sp³-hybridized carbons (Fsp3) is 0.609. The highest BCUT2D eigenvalue weighted by atomic mass is 16.2. The maximum Gasteiger partial charge on any atom is 0.251 e. The van der Waals surface area contributed by atoms with Crippen LogP contribution in [0.4, 0.5) is 0 Å². The summed E-state index contributed by atoms with van der Waals surface area (Å²) in [6.07, 6.45) is 4.66. The minimum absolute atomic E-state index is 0.0184. The first-order valence-electron chi connectivity index (χ1n) is 10.9. The lowest BCUT2D eigenvalue weighted by molar-refractivity contribution is -0.138. The molecule has 1 aromatic carbocycles. The molecule has 1 N–H and O–H groups in total. The molecule has 2 aliphatic heterocycles. The van der Waals surface area contributed by atoms with Gasteiger partial charge in [-0.2, -0.15) is 0 Å². The van der Waals surface area contributed by atoms with Gasteiger partial charge in [-0.3, -0.25) is 14.4 Å². The van der Waals surface area contributed by atoms with E-state index in [2.05, 4.69) is 5.32 Å². The van der Waals surface area contributed by atoms with Crippen LogP contribution in [0.3, 0.4) is 0 Å². The van der Waals surface area contributed by atoms with Crippen LogP contribution in [-0.4, -0.2) is 59.7 Å². The molecule has 2 heterocycles. The molecule has 3 amide bonds. The second kappa shape index (κ2) is 9.90. The van der Waals surface area contributed by atoms with Gasteiger partial charge in [0, 0.05) is 37.7 Å². The first kappa shape index (κ1) is 21.3. The summed E-state index contributed by atoms with van der Waals surface area (Å²) in [5.41, 5.74) is 0.566. The first-order valence-corrected chi connectivity index (χ1v) is 10.9. The Morgan fingerprint density at radius 1 is 0.862 bits per heavy atom. The van der Waals surface area contributed by atoms with Gasteiger partial charge in [-0.05, 0) is 50.2 Å². The third-order valence-corrected chi connectivity index (χ3v) is 6.07. The minimum Gasteiger partial charge on any atom is -0.342 e. The van der Waals surface area contributed by atoms with Crippen molar-refractivity contribution >= 4 is 17.7 Å². The predicted octanol–water partition coefficient (Wildman–Crippen LogP) is 2.69. The monoisotopic (exact) mass is 399 g/mol. The van der Waals surface area contributed by atoms with Crippen LogP contribution in [0, 0.1) is 11.8 Å². The second-order valence-electron chi connectivity index (χ2n) is 8.52. The molecule has 0 aromatic heterocycles. The van der Waals surface area contributed by atoms with Crippen molar-refractivity contribution in [2.24, 2.45) is 11.8 Å². The summed E-state index contributed by atoms with van der Waals surface area (Å²) in [6.45, 7) is 6.65. The zero-order valence-corrected chi connectivity index (χ0v) is 17.6. The summed E-state index contributed by atoms with van der Waals surface area (Å²) < 4.78 is 0. The molecule has 0 unspecified atom stereocenters. The number of benzene rings is 1. The summed E-state index contributed by atoms with van der Waals surface area (Å²) in [6, 6.07) is 8.52. The van der Waals surface area contributed by atoms with Crippen LogP contribution in [0.15, 0.2) is 30.3 Å². The summed E-state index contributed by atoms with van der Waals surface area (Å²) in [5.74, 6) is 0.0170. The number of hydrogen-bond donors (Lipinski definition) is 1. The second-order valence-corrected chi connectivity index (χ2v) is 8.52. The molecule has 0 aliphatic carbocycles. The molecule has 0 spiro atoms. The van der Waals surface area contributed by atoms with E-state index < -0.39 is 6.04 Å². The minimum atomic E-state index is -0.530. The number of likely N-dealkylation sites (tertiary alicyclic amines) is 2. The van der Waals surface area contributed by atoms with Crippen LogP contribution in [0.5, 0.6) is 0 Å². The number of piperidine rings is 2. The van der Waals surface area contributed by atoms with Gasteiger partial charge in [0.1, 0.15) is 6.04 Å². The van der Waals surface area contributed by atoms with E-state index in [1.807, 2.05) is 41.8 Å². The van der Waals surface area contributed by atoms with Crippen molar-refractivity contribution in [2.75, 3.05) is 26.2 Å². The van der Waals surface area contributed by atoms with Crippen molar-refractivity contribution in [2.45, 2.75) is 52.0 Å². The van der Waals surface area contributed by atoms with Gasteiger partial charge in [0.25, 0.3) is 5.91 Å². The van der Waals surface area contributed by atoms with Crippen molar-refractivity contribution < 1.29 is 14.4 Å². The average molecular weight is 400 g/mol. The molecule has 1 aromatic rings. The Bertz CT molecular complexity index is 705. The lowest BCUT2D eigenvalue weighted by Gasteiger charge is -2.39. The van der Waals surface area contributed by atoms with Gasteiger partial charge in [-0.15, -0.1) is 0 Å². The van der Waals surface area contributed by atoms with Crippen LogP contribution in [-0.2, 0) is 9.59 Å². The maximum atomic E-state index is 13.3. The third kappa shape index (κ3) is 5.37. The third-order valence-electron chi connectivity index (χ3n) is 6.07. The quantitative estimate of drug-likeness (QED) is 0.828. The molecule has 6 heteroatoms. The summed E-state index contributed by atoms with van der Waals surface area (Å²) >= 11 is 0. The number of hydrogen-bond acceptors (Lipinski definition) is 3. The number of amides is 3. The van der Waals surface area contributed by atoms with Gasteiger partial charge in [0.15, 0.2) is 0 Å². The van der Waals surface area contributed by atoms with Crippen LogP contribution >= 0.6 is 0 Å². The Hall–Kier alpha value is -2.37. The van der Waals surface area contributed by atoms with Gasteiger partial charge in [-0.1, -0.05) is 32.0 Å². The molecule has 2 fully saturated rings. The molecular weight excluding hydrogens is 366 g/mol. The molecule has 3 rings (SSSR count). The highest BCUT2D eigenvalue weighted by Crippen LogP contribution is 2.24. The lowest BCUT2D eigenvalue weighted by Crippen LogP contribution is -2.55. The predicted molar refractivity (Wildman–Crippen MR) is 112 cm³/mol. The molecule has 158 valence electrons. The number of carbonyl (C=O) groups excluding carboxylic acids is 3. The number of carbonyl (C=O) groups is 3. The van der Waals surface area contributed by atoms with E-state index in [0.717, 1.165) is 45.2 Å². The summed E-state index contributed by atoms with van der Waals surface area (Å²) in [5, 5.41) is 3.03. The van der Waals surface area contributed by atoms with Gasteiger partial charge >= 0.3 is 0 Å². The van der Waals surface area contributed by atoms with Crippen molar-refractivity contribution in [3.05, 3.63) is 35.9 Å². The number of nitrogens with zero attached hydrogens (tertiary/aromatic N) is 2. The van der Waals surface area contributed by atoms with E-state index in [9.17, 15) is 14.4 Å². The normalized spacial score (nSPS) is 19.1. The standard InChI is InChI=1S/C23H33N3O3/c1-17(2)22(28)26-15-11-18(12-16-26)20(23(29)25-13-7-4-8-14-25)24-21(27)19-9-5-3-6-10-19/h3,5-6,9-10,17-18,20H,4,7-8,11-16H2,1-2H3,(H,24,27)/t20-/m1/s1. The van der Waals surface area contributed by atoms with E-state index in [1.165, 1.54) is 0 Å². The van der Waals surface area contributed by atoms with Crippen LogP contribution in [0.2, 0.25) is 0 Å². The largest absolute Gasteiger partial charge is 0.342 e. The Balaban J connectivity index is 1.71. The maximum absolute atomic E-state index is 13.3.